The van der Waals surface area contributed by atoms with E-state index in [-0.39, 0.29) is 17.9 Å². The van der Waals surface area contributed by atoms with Gasteiger partial charge in [0.15, 0.2) is 11.5 Å². The van der Waals surface area contributed by atoms with Gasteiger partial charge in [-0.15, -0.1) is 11.3 Å². The molecule has 2 unspecified atom stereocenters. The average Bonchev–Trinajstić information content (AvgIpc) is 3.28. The van der Waals surface area contributed by atoms with Gasteiger partial charge in [0, 0.05) is 24.5 Å². The number of nitrogens with one attached hydrogen (secondary N) is 1. The van der Waals surface area contributed by atoms with E-state index >= 15 is 0 Å². The van der Waals surface area contributed by atoms with Gasteiger partial charge in [0.1, 0.15) is 13.2 Å². The van der Waals surface area contributed by atoms with E-state index in [4.69, 9.17) is 14.2 Å². The van der Waals surface area contributed by atoms with Gasteiger partial charge in [0.25, 0.3) is 0 Å². The lowest BCUT2D eigenvalue weighted by molar-refractivity contribution is -0.122. The van der Waals surface area contributed by atoms with Crippen molar-refractivity contribution in [2.75, 3.05) is 46.1 Å². The second-order valence-electron chi connectivity index (χ2n) is 7.05. The van der Waals surface area contributed by atoms with Crippen LogP contribution < -0.4 is 14.8 Å². The van der Waals surface area contributed by atoms with Crippen LogP contribution >= 0.6 is 11.3 Å². The highest BCUT2D eigenvalue weighted by Gasteiger charge is 2.25. The quantitative estimate of drug-likeness (QED) is 0.805. The lowest BCUT2D eigenvalue weighted by Gasteiger charge is -2.34. The van der Waals surface area contributed by atoms with Gasteiger partial charge < -0.3 is 19.5 Å². The largest absolute Gasteiger partial charge is 0.486 e. The average molecular weight is 403 g/mol. The first kappa shape index (κ1) is 19.2. The Morgan fingerprint density at radius 1 is 1.14 bits per heavy atom. The summed E-state index contributed by atoms with van der Waals surface area (Å²) in [6, 6.07) is 10.1. The number of rotatable bonds is 6. The molecule has 0 bridgehead atoms. The monoisotopic (exact) mass is 402 g/mol. The highest BCUT2D eigenvalue weighted by Crippen LogP contribution is 2.33. The first-order valence-electron chi connectivity index (χ1n) is 9.75. The maximum atomic E-state index is 12.8. The number of carbonyl (C=O) groups is 1. The number of morpholine rings is 1. The number of nitrogens with zero attached hydrogens (tertiary/aromatic N) is 1. The zero-order valence-corrected chi connectivity index (χ0v) is 16.9. The molecule has 0 aliphatic carbocycles. The molecule has 2 aliphatic heterocycles. The molecule has 0 radical (unpaired) electrons. The molecule has 3 heterocycles. The minimum Gasteiger partial charge on any atom is -0.486 e. The number of hydrogen-bond acceptors (Lipinski definition) is 6. The Kier molecular flexibility index (Phi) is 6.14. The van der Waals surface area contributed by atoms with Gasteiger partial charge in [-0.25, -0.2) is 0 Å². The minimum absolute atomic E-state index is 0.0199. The van der Waals surface area contributed by atoms with Gasteiger partial charge in [-0.3, -0.25) is 9.69 Å². The molecule has 4 rings (SSSR count). The number of carbonyl (C=O) groups excluding carboxylic acids is 1. The highest BCUT2D eigenvalue weighted by molar-refractivity contribution is 7.10. The second kappa shape index (κ2) is 8.94. The van der Waals surface area contributed by atoms with Crippen LogP contribution in [0.2, 0.25) is 0 Å². The first-order chi connectivity index (χ1) is 13.7. The minimum atomic E-state index is -0.260. The molecular formula is C21H26N2O4S. The van der Waals surface area contributed by atoms with Crippen molar-refractivity contribution >= 4 is 17.2 Å². The van der Waals surface area contributed by atoms with Crippen LogP contribution in [0.1, 0.15) is 29.3 Å². The number of thiophene rings is 1. The molecule has 1 amide bonds. The fraction of sp³-hybridized carbons (Fsp3) is 0.476. The zero-order valence-electron chi connectivity index (χ0n) is 16.1. The van der Waals surface area contributed by atoms with Crippen molar-refractivity contribution < 1.29 is 19.0 Å². The van der Waals surface area contributed by atoms with E-state index < -0.39 is 0 Å². The van der Waals surface area contributed by atoms with Crippen molar-refractivity contribution in [1.29, 1.82) is 0 Å². The fourth-order valence-electron chi connectivity index (χ4n) is 3.61. The Balaban J connectivity index is 1.41. The standard InChI is InChI=1S/C21H26N2O4S/c1-15(16-4-5-18-19(13-16)27-11-10-26-18)21(24)22-14-17(20-3-2-12-28-20)23-6-8-25-9-7-23/h2-5,12-13,15,17H,6-11,14H2,1H3,(H,22,24). The van der Waals surface area contributed by atoms with E-state index in [1.807, 2.05) is 25.1 Å². The maximum absolute atomic E-state index is 12.8. The maximum Gasteiger partial charge on any atom is 0.227 e. The van der Waals surface area contributed by atoms with Crippen molar-refractivity contribution in [3.05, 3.63) is 46.2 Å². The van der Waals surface area contributed by atoms with Gasteiger partial charge in [0.05, 0.1) is 25.2 Å². The molecule has 1 saturated heterocycles. The predicted molar refractivity (Wildman–Crippen MR) is 108 cm³/mol. The zero-order chi connectivity index (χ0) is 19.3. The SMILES string of the molecule is CC(C(=O)NCC(c1cccs1)N1CCOCC1)c1ccc2c(c1)OCCO2. The smallest absolute Gasteiger partial charge is 0.227 e. The molecule has 2 atom stereocenters. The van der Waals surface area contributed by atoms with Crippen LogP contribution in [0.3, 0.4) is 0 Å². The molecule has 1 aromatic carbocycles. The summed E-state index contributed by atoms with van der Waals surface area (Å²) in [7, 11) is 0. The number of fused-ring (bicyclic) bond motifs is 1. The Labute approximate surface area is 169 Å². The predicted octanol–water partition coefficient (Wildman–Crippen LogP) is 2.81. The molecule has 7 heteroatoms. The topological polar surface area (TPSA) is 60.0 Å². The summed E-state index contributed by atoms with van der Waals surface area (Å²) in [6.07, 6.45) is 0. The lowest BCUT2D eigenvalue weighted by atomic mass is 9.99. The summed E-state index contributed by atoms with van der Waals surface area (Å²) in [5.74, 6) is 1.22. The normalized spacial score (nSPS) is 19.0. The Hall–Kier alpha value is -2.09. The van der Waals surface area contributed by atoms with Gasteiger partial charge >= 0.3 is 0 Å². The van der Waals surface area contributed by atoms with Gasteiger partial charge in [-0.05, 0) is 36.1 Å². The van der Waals surface area contributed by atoms with Crippen LogP contribution in [0, 0.1) is 0 Å². The van der Waals surface area contributed by atoms with Crippen LogP contribution in [0.25, 0.3) is 0 Å². The molecule has 0 saturated carbocycles. The summed E-state index contributed by atoms with van der Waals surface area (Å²) < 4.78 is 16.7. The van der Waals surface area contributed by atoms with Crippen LogP contribution in [0.4, 0.5) is 0 Å². The second-order valence-corrected chi connectivity index (χ2v) is 8.03. The Morgan fingerprint density at radius 2 is 1.93 bits per heavy atom. The molecule has 1 fully saturated rings. The first-order valence-corrected chi connectivity index (χ1v) is 10.6. The van der Waals surface area contributed by atoms with Crippen molar-refractivity contribution in [2.45, 2.75) is 18.9 Å². The number of hydrogen-bond donors (Lipinski definition) is 1. The summed E-state index contributed by atoms with van der Waals surface area (Å²) in [5.41, 5.74) is 0.931. The molecule has 150 valence electrons. The third kappa shape index (κ3) is 4.32. The number of benzene rings is 1. The van der Waals surface area contributed by atoms with Crippen molar-refractivity contribution in [2.24, 2.45) is 0 Å². The van der Waals surface area contributed by atoms with E-state index in [0.29, 0.717) is 25.5 Å². The van der Waals surface area contributed by atoms with E-state index in [1.54, 1.807) is 11.3 Å². The molecular weight excluding hydrogens is 376 g/mol. The van der Waals surface area contributed by atoms with Crippen LogP contribution in [-0.4, -0.2) is 56.9 Å². The van der Waals surface area contributed by atoms with Crippen molar-refractivity contribution in [3.8, 4) is 11.5 Å². The van der Waals surface area contributed by atoms with E-state index in [2.05, 4.69) is 27.7 Å². The number of amides is 1. The summed E-state index contributed by atoms with van der Waals surface area (Å²) in [4.78, 5) is 16.5. The molecule has 0 spiro atoms. The summed E-state index contributed by atoms with van der Waals surface area (Å²) in [6.45, 7) is 6.87. The van der Waals surface area contributed by atoms with Crippen LogP contribution in [0.15, 0.2) is 35.7 Å². The van der Waals surface area contributed by atoms with E-state index in [9.17, 15) is 4.79 Å². The number of ether oxygens (including phenoxy) is 3. The fourth-order valence-corrected chi connectivity index (χ4v) is 4.47. The molecule has 1 N–H and O–H groups in total. The van der Waals surface area contributed by atoms with E-state index in [0.717, 1.165) is 37.6 Å². The van der Waals surface area contributed by atoms with Crippen LogP contribution in [-0.2, 0) is 9.53 Å². The van der Waals surface area contributed by atoms with Crippen molar-refractivity contribution in [1.82, 2.24) is 10.2 Å². The summed E-state index contributed by atoms with van der Waals surface area (Å²) in [5, 5.41) is 5.25. The Morgan fingerprint density at radius 3 is 2.68 bits per heavy atom. The van der Waals surface area contributed by atoms with Gasteiger partial charge in [-0.1, -0.05) is 12.1 Å². The summed E-state index contributed by atoms with van der Waals surface area (Å²) >= 11 is 1.73. The van der Waals surface area contributed by atoms with Gasteiger partial charge in [-0.2, -0.15) is 0 Å². The third-order valence-corrected chi connectivity index (χ3v) is 6.26. The molecule has 2 aliphatic rings. The molecule has 2 aromatic rings. The van der Waals surface area contributed by atoms with Crippen molar-refractivity contribution in [3.63, 3.8) is 0 Å². The third-order valence-electron chi connectivity index (χ3n) is 5.29. The van der Waals surface area contributed by atoms with Gasteiger partial charge in [0.2, 0.25) is 5.91 Å². The molecule has 1 aromatic heterocycles. The van der Waals surface area contributed by atoms with E-state index in [1.165, 1.54) is 4.88 Å². The van der Waals surface area contributed by atoms with Crippen LogP contribution in [0.5, 0.6) is 11.5 Å². The lowest BCUT2D eigenvalue weighted by Crippen LogP contribution is -2.44. The molecule has 6 nitrogen and oxygen atoms in total. The Bertz CT molecular complexity index is 790. The molecule has 28 heavy (non-hydrogen) atoms. The highest BCUT2D eigenvalue weighted by atomic mass is 32.1.